The van der Waals surface area contributed by atoms with Gasteiger partial charge in [0.05, 0.1) is 6.33 Å². The molecule has 0 bridgehead atoms. The van der Waals surface area contributed by atoms with Crippen LogP contribution in [0.1, 0.15) is 19.3 Å². The van der Waals surface area contributed by atoms with Crippen molar-refractivity contribution in [1.29, 1.82) is 0 Å². The largest absolute Gasteiger partial charge is 0.355 e. The smallest absolute Gasteiger partial charge is 0.271 e. The van der Waals surface area contributed by atoms with Gasteiger partial charge in [-0.1, -0.05) is 11.6 Å². The Hall–Kier alpha value is -0.740. The van der Waals surface area contributed by atoms with Crippen molar-refractivity contribution in [3.63, 3.8) is 0 Å². The molecule has 1 unspecified atom stereocenters. The van der Waals surface area contributed by atoms with Gasteiger partial charge in [0, 0.05) is 19.0 Å². The van der Waals surface area contributed by atoms with Gasteiger partial charge in [-0.2, -0.15) is 0 Å². The maximum atomic E-state index is 11.4. The van der Waals surface area contributed by atoms with Gasteiger partial charge in [-0.3, -0.25) is 4.79 Å². The van der Waals surface area contributed by atoms with Crippen LogP contribution in [-0.2, 0) is 0 Å². The number of hydrogen-bond donors (Lipinski definition) is 1. The minimum Gasteiger partial charge on any atom is -0.355 e. The van der Waals surface area contributed by atoms with Crippen LogP contribution in [0.25, 0.3) is 0 Å². The molecular weight excluding hydrogens is 261 g/mol. The van der Waals surface area contributed by atoms with Gasteiger partial charge in [-0.15, -0.1) is 11.6 Å². The van der Waals surface area contributed by atoms with E-state index in [4.69, 9.17) is 23.2 Å². The van der Waals surface area contributed by atoms with Gasteiger partial charge < -0.3 is 9.88 Å². The minimum atomic E-state index is -0.281. The van der Waals surface area contributed by atoms with Crippen LogP contribution in [0.2, 0.25) is 5.02 Å². The van der Waals surface area contributed by atoms with E-state index in [1.807, 2.05) is 0 Å². The topological polar surface area (TPSA) is 49.0 Å². The molecule has 1 saturated heterocycles. The molecule has 1 aromatic rings. The summed E-state index contributed by atoms with van der Waals surface area (Å²) in [6, 6.07) is 0. The summed E-state index contributed by atoms with van der Waals surface area (Å²) in [6.45, 7) is 1.78. The number of H-pyrrole nitrogens is 1. The molecule has 1 aliphatic heterocycles. The number of aromatic nitrogens is 2. The monoisotopic (exact) mass is 275 g/mol. The van der Waals surface area contributed by atoms with Gasteiger partial charge >= 0.3 is 0 Å². The van der Waals surface area contributed by atoms with E-state index in [0.717, 1.165) is 25.9 Å². The second kappa shape index (κ2) is 5.74. The average molecular weight is 276 g/mol. The summed E-state index contributed by atoms with van der Waals surface area (Å²) in [5.41, 5.74) is -0.281. The molecule has 0 saturated carbocycles. The van der Waals surface area contributed by atoms with E-state index in [2.05, 4.69) is 14.9 Å². The van der Waals surface area contributed by atoms with Crippen molar-refractivity contribution in [1.82, 2.24) is 9.97 Å². The Bertz CT molecular complexity index is 433. The number of piperidine rings is 1. The molecule has 1 aliphatic rings. The van der Waals surface area contributed by atoms with Gasteiger partial charge in [0.15, 0.2) is 5.82 Å². The molecule has 2 heterocycles. The molecule has 0 aromatic carbocycles. The Morgan fingerprint density at radius 1 is 1.59 bits per heavy atom. The van der Waals surface area contributed by atoms with Gasteiger partial charge in [0.1, 0.15) is 5.02 Å². The number of rotatable bonds is 3. The molecule has 94 valence electrons. The first kappa shape index (κ1) is 12.7. The summed E-state index contributed by atoms with van der Waals surface area (Å²) in [5, 5.41) is 0.180. The lowest BCUT2D eigenvalue weighted by Crippen LogP contribution is -2.37. The highest BCUT2D eigenvalue weighted by Crippen LogP contribution is 2.26. The highest BCUT2D eigenvalue weighted by molar-refractivity contribution is 6.32. The van der Waals surface area contributed by atoms with Gasteiger partial charge in [-0.05, 0) is 25.2 Å². The van der Waals surface area contributed by atoms with E-state index in [-0.39, 0.29) is 10.6 Å². The lowest BCUT2D eigenvalue weighted by atomic mass is 9.95. The summed E-state index contributed by atoms with van der Waals surface area (Å²) in [4.78, 5) is 20.1. The quantitative estimate of drug-likeness (QED) is 0.861. The zero-order chi connectivity index (χ0) is 12.3. The Labute approximate surface area is 110 Å². The van der Waals surface area contributed by atoms with Crippen LogP contribution in [0.3, 0.4) is 0 Å². The summed E-state index contributed by atoms with van der Waals surface area (Å²) in [7, 11) is 0. The third-order valence-electron chi connectivity index (χ3n) is 3.11. The molecule has 0 radical (unpaired) electrons. The second-order valence-corrected chi connectivity index (χ2v) is 5.06. The van der Waals surface area contributed by atoms with Gasteiger partial charge in [-0.25, -0.2) is 4.98 Å². The first-order chi connectivity index (χ1) is 8.22. The molecule has 4 nitrogen and oxygen atoms in total. The minimum absolute atomic E-state index is 0.180. The predicted octanol–water partition coefficient (Wildman–Crippen LogP) is 2.27. The summed E-state index contributed by atoms with van der Waals surface area (Å²) in [5.74, 6) is 1.84. The normalized spacial score (nSPS) is 20.6. The lowest BCUT2D eigenvalue weighted by Gasteiger charge is -2.33. The van der Waals surface area contributed by atoms with Crippen LogP contribution in [0, 0.1) is 5.92 Å². The highest BCUT2D eigenvalue weighted by Gasteiger charge is 2.22. The summed E-state index contributed by atoms with van der Waals surface area (Å²) >= 11 is 11.7. The molecule has 1 atom stereocenters. The fraction of sp³-hybridized carbons (Fsp3) is 0.636. The van der Waals surface area contributed by atoms with Crippen LogP contribution in [-0.4, -0.2) is 28.9 Å². The number of alkyl halides is 1. The molecular formula is C11H15Cl2N3O. The van der Waals surface area contributed by atoms with Gasteiger partial charge in [0.2, 0.25) is 0 Å². The van der Waals surface area contributed by atoms with Crippen molar-refractivity contribution in [3.05, 3.63) is 21.7 Å². The van der Waals surface area contributed by atoms with Crippen molar-refractivity contribution < 1.29 is 0 Å². The average Bonchev–Trinajstić information content (AvgIpc) is 2.33. The van der Waals surface area contributed by atoms with Crippen molar-refractivity contribution in [2.45, 2.75) is 19.3 Å². The predicted molar refractivity (Wildman–Crippen MR) is 70.1 cm³/mol. The number of anilines is 1. The third-order valence-corrected chi connectivity index (χ3v) is 3.67. The van der Waals surface area contributed by atoms with Crippen LogP contribution in [0.5, 0.6) is 0 Å². The molecule has 17 heavy (non-hydrogen) atoms. The second-order valence-electron chi connectivity index (χ2n) is 4.30. The van der Waals surface area contributed by atoms with Crippen LogP contribution < -0.4 is 10.5 Å². The fourth-order valence-corrected chi connectivity index (χ4v) is 2.77. The maximum absolute atomic E-state index is 11.4. The van der Waals surface area contributed by atoms with Crippen LogP contribution in [0.4, 0.5) is 5.82 Å². The highest BCUT2D eigenvalue weighted by atomic mass is 35.5. The van der Waals surface area contributed by atoms with Crippen LogP contribution >= 0.6 is 23.2 Å². The molecule has 1 fully saturated rings. The number of nitrogens with one attached hydrogen (secondary N) is 1. The summed E-state index contributed by atoms with van der Waals surface area (Å²) < 4.78 is 0. The van der Waals surface area contributed by atoms with Crippen molar-refractivity contribution in [3.8, 4) is 0 Å². The van der Waals surface area contributed by atoms with Gasteiger partial charge in [0.25, 0.3) is 5.56 Å². The first-order valence-corrected chi connectivity index (χ1v) is 6.67. The van der Waals surface area contributed by atoms with Crippen LogP contribution in [0.15, 0.2) is 11.1 Å². The van der Waals surface area contributed by atoms with Crippen molar-refractivity contribution in [2.24, 2.45) is 5.92 Å². The molecule has 0 spiro atoms. The molecule has 0 amide bonds. The Morgan fingerprint density at radius 2 is 2.41 bits per heavy atom. The van der Waals surface area contributed by atoms with E-state index in [1.54, 1.807) is 0 Å². The van der Waals surface area contributed by atoms with E-state index in [9.17, 15) is 4.79 Å². The zero-order valence-corrected chi connectivity index (χ0v) is 11.0. The van der Waals surface area contributed by atoms with E-state index >= 15 is 0 Å². The SMILES string of the molecule is O=c1[nH]cnc(N2CCCC(CCCl)C2)c1Cl. The molecule has 1 aromatic heterocycles. The fourth-order valence-electron chi connectivity index (χ4n) is 2.24. The van der Waals surface area contributed by atoms with E-state index in [1.165, 1.54) is 12.7 Å². The number of nitrogens with zero attached hydrogens (tertiary/aromatic N) is 2. The third kappa shape index (κ3) is 2.93. The lowest BCUT2D eigenvalue weighted by molar-refractivity contribution is 0.404. The Morgan fingerprint density at radius 3 is 3.18 bits per heavy atom. The molecule has 6 heteroatoms. The van der Waals surface area contributed by atoms with E-state index < -0.39 is 0 Å². The number of halogens is 2. The van der Waals surface area contributed by atoms with E-state index in [0.29, 0.717) is 17.6 Å². The maximum Gasteiger partial charge on any atom is 0.271 e. The van der Waals surface area contributed by atoms with Crippen molar-refractivity contribution >= 4 is 29.0 Å². The molecule has 0 aliphatic carbocycles. The molecule has 1 N–H and O–H groups in total. The zero-order valence-electron chi connectivity index (χ0n) is 9.46. The first-order valence-electron chi connectivity index (χ1n) is 5.76. The molecule has 2 rings (SSSR count). The standard InChI is InChI=1S/C11H15Cl2N3O/c12-4-3-8-2-1-5-16(6-8)10-9(13)11(17)15-7-14-10/h7-8H,1-6H2,(H,14,15,17). The van der Waals surface area contributed by atoms with Crippen molar-refractivity contribution in [2.75, 3.05) is 23.9 Å². The number of hydrogen-bond acceptors (Lipinski definition) is 3. The Balaban J connectivity index is 2.16. The Kier molecular flexibility index (Phi) is 4.29. The number of aromatic amines is 1. The summed E-state index contributed by atoms with van der Waals surface area (Å²) in [6.07, 6.45) is 4.67.